The average Bonchev–Trinajstić information content (AvgIpc) is 2.70. The lowest BCUT2D eigenvalue weighted by Gasteiger charge is -2.05. The van der Waals surface area contributed by atoms with Gasteiger partial charge in [-0.25, -0.2) is 10.4 Å². The fourth-order valence-corrected chi connectivity index (χ4v) is 2.26. The van der Waals surface area contributed by atoms with Crippen LogP contribution < -0.4 is 10.2 Å². The van der Waals surface area contributed by atoms with Crippen molar-refractivity contribution in [2.45, 2.75) is 6.92 Å². The number of nitrogens with zero attached hydrogens (tertiary/aromatic N) is 3. The van der Waals surface area contributed by atoms with Gasteiger partial charge in [0.2, 0.25) is 0 Å². The predicted octanol–water partition coefficient (Wildman–Crippen LogP) is 3.31. The summed E-state index contributed by atoms with van der Waals surface area (Å²) in [5, 5.41) is 3.94. The first-order valence-electron chi connectivity index (χ1n) is 8.20. The molecule has 0 unspecified atom stereocenters. The fourth-order valence-electron chi connectivity index (χ4n) is 2.26. The van der Waals surface area contributed by atoms with E-state index in [4.69, 9.17) is 4.74 Å². The molecule has 0 atom stereocenters. The highest BCUT2D eigenvalue weighted by Crippen LogP contribution is 2.20. The Hall–Kier alpha value is -3.54. The summed E-state index contributed by atoms with van der Waals surface area (Å²) in [6.45, 7) is 2.54. The van der Waals surface area contributed by atoms with Crippen molar-refractivity contribution in [3.8, 4) is 17.0 Å². The summed E-state index contributed by atoms with van der Waals surface area (Å²) in [6.07, 6.45) is 4.59. The van der Waals surface area contributed by atoms with Crippen molar-refractivity contribution in [2.75, 3.05) is 6.61 Å². The largest absolute Gasteiger partial charge is 0.494 e. The Kier molecular flexibility index (Phi) is 5.67. The zero-order valence-electron chi connectivity index (χ0n) is 14.3. The lowest BCUT2D eigenvalue weighted by atomic mass is 10.1. The van der Waals surface area contributed by atoms with Crippen molar-refractivity contribution in [2.24, 2.45) is 5.10 Å². The first-order valence-corrected chi connectivity index (χ1v) is 8.20. The molecule has 0 aliphatic carbocycles. The Labute approximate surface area is 151 Å². The molecule has 0 fully saturated rings. The molecule has 1 aromatic heterocycles. The smallest absolute Gasteiger partial charge is 0.291 e. The Morgan fingerprint density at radius 2 is 1.88 bits per heavy atom. The van der Waals surface area contributed by atoms with Gasteiger partial charge in [-0.05, 0) is 36.8 Å². The van der Waals surface area contributed by atoms with E-state index in [-0.39, 0.29) is 5.69 Å². The van der Waals surface area contributed by atoms with Gasteiger partial charge in [-0.15, -0.1) is 0 Å². The zero-order chi connectivity index (χ0) is 18.2. The highest BCUT2D eigenvalue weighted by atomic mass is 16.5. The number of carbonyl (C=O) groups excluding carboxylic acids is 1. The molecule has 1 N–H and O–H groups in total. The number of hydrogen-bond acceptors (Lipinski definition) is 5. The number of hydrazone groups is 1. The second kappa shape index (κ2) is 8.53. The predicted molar refractivity (Wildman–Crippen MR) is 100 cm³/mol. The highest BCUT2D eigenvalue weighted by Gasteiger charge is 2.09. The minimum atomic E-state index is -0.419. The zero-order valence-corrected chi connectivity index (χ0v) is 14.3. The number of rotatable bonds is 6. The normalized spacial score (nSPS) is 10.7. The van der Waals surface area contributed by atoms with E-state index < -0.39 is 5.91 Å². The maximum atomic E-state index is 12.2. The molecule has 1 amide bonds. The number of nitrogens with one attached hydrogen (secondary N) is 1. The number of amides is 1. The summed E-state index contributed by atoms with van der Waals surface area (Å²) in [5.74, 6) is 0.367. The molecule has 6 nitrogen and oxygen atoms in total. The average molecular weight is 346 g/mol. The van der Waals surface area contributed by atoms with Gasteiger partial charge in [0, 0.05) is 5.56 Å². The third-order valence-corrected chi connectivity index (χ3v) is 3.51. The molecule has 0 saturated heterocycles. The van der Waals surface area contributed by atoms with Crippen LogP contribution in [-0.2, 0) is 0 Å². The van der Waals surface area contributed by atoms with Crippen molar-refractivity contribution in [3.63, 3.8) is 0 Å². The Morgan fingerprint density at radius 1 is 1.12 bits per heavy atom. The van der Waals surface area contributed by atoms with Crippen LogP contribution in [0.1, 0.15) is 23.0 Å². The number of hydrogen-bond donors (Lipinski definition) is 1. The first-order chi connectivity index (χ1) is 12.8. The quantitative estimate of drug-likeness (QED) is 0.549. The summed E-state index contributed by atoms with van der Waals surface area (Å²) >= 11 is 0. The molecule has 0 spiro atoms. The van der Waals surface area contributed by atoms with Gasteiger partial charge in [-0.3, -0.25) is 9.78 Å². The van der Waals surface area contributed by atoms with E-state index in [2.05, 4.69) is 20.5 Å². The minimum absolute atomic E-state index is 0.196. The molecular weight excluding hydrogens is 328 g/mol. The summed E-state index contributed by atoms with van der Waals surface area (Å²) in [5.41, 5.74) is 5.00. The van der Waals surface area contributed by atoms with Crippen molar-refractivity contribution >= 4 is 12.1 Å². The first kappa shape index (κ1) is 17.3. The van der Waals surface area contributed by atoms with Gasteiger partial charge in [-0.1, -0.05) is 30.3 Å². The SMILES string of the molecule is CCOc1ccc(-c2cncc(C(=O)NN=Cc3ccccc3)n2)cc1. The van der Waals surface area contributed by atoms with Crippen LogP contribution in [0.25, 0.3) is 11.3 Å². The summed E-state index contributed by atoms with van der Waals surface area (Å²) in [4.78, 5) is 20.7. The molecule has 2 aromatic carbocycles. The van der Waals surface area contributed by atoms with Crippen molar-refractivity contribution in [1.82, 2.24) is 15.4 Å². The molecule has 3 aromatic rings. The van der Waals surface area contributed by atoms with E-state index in [9.17, 15) is 4.79 Å². The molecule has 0 aliphatic rings. The number of benzene rings is 2. The van der Waals surface area contributed by atoms with Crippen molar-refractivity contribution in [3.05, 3.63) is 78.2 Å². The fraction of sp³-hybridized carbons (Fsp3) is 0.100. The van der Waals surface area contributed by atoms with E-state index in [1.807, 2.05) is 61.5 Å². The van der Waals surface area contributed by atoms with Crippen LogP contribution in [0.5, 0.6) is 5.75 Å². The van der Waals surface area contributed by atoms with Crippen LogP contribution in [0.3, 0.4) is 0 Å². The van der Waals surface area contributed by atoms with Gasteiger partial charge in [0.1, 0.15) is 11.4 Å². The molecule has 130 valence electrons. The van der Waals surface area contributed by atoms with Gasteiger partial charge >= 0.3 is 0 Å². The maximum Gasteiger partial charge on any atom is 0.291 e. The lowest BCUT2D eigenvalue weighted by molar-refractivity contribution is 0.0950. The molecule has 6 heteroatoms. The third kappa shape index (κ3) is 4.51. The number of ether oxygens (including phenoxy) is 1. The summed E-state index contributed by atoms with van der Waals surface area (Å²) in [6, 6.07) is 17.0. The number of aromatic nitrogens is 2. The van der Waals surface area contributed by atoms with Crippen LogP contribution in [0.4, 0.5) is 0 Å². The Bertz CT molecular complexity index is 893. The Morgan fingerprint density at radius 3 is 2.62 bits per heavy atom. The molecular formula is C20H18N4O2. The van der Waals surface area contributed by atoms with Crippen LogP contribution >= 0.6 is 0 Å². The summed E-state index contributed by atoms with van der Waals surface area (Å²) < 4.78 is 5.42. The second-order valence-corrected chi connectivity index (χ2v) is 5.36. The minimum Gasteiger partial charge on any atom is -0.494 e. The summed E-state index contributed by atoms with van der Waals surface area (Å²) in [7, 11) is 0. The third-order valence-electron chi connectivity index (χ3n) is 3.51. The van der Waals surface area contributed by atoms with Crippen molar-refractivity contribution < 1.29 is 9.53 Å². The molecule has 26 heavy (non-hydrogen) atoms. The van der Waals surface area contributed by atoms with E-state index in [0.29, 0.717) is 12.3 Å². The van der Waals surface area contributed by atoms with Crippen molar-refractivity contribution in [1.29, 1.82) is 0 Å². The van der Waals surface area contributed by atoms with E-state index in [1.165, 1.54) is 6.20 Å². The molecule has 1 heterocycles. The topological polar surface area (TPSA) is 76.5 Å². The molecule has 0 bridgehead atoms. The van der Waals surface area contributed by atoms with E-state index >= 15 is 0 Å². The van der Waals surface area contributed by atoms with Crippen LogP contribution in [0, 0.1) is 0 Å². The standard InChI is InChI=1S/C20H18N4O2/c1-2-26-17-10-8-16(9-11-17)18-13-21-14-19(23-18)20(25)24-22-12-15-6-4-3-5-7-15/h3-14H,2H2,1H3,(H,24,25). The van der Waals surface area contributed by atoms with Gasteiger partial charge in [0.05, 0.1) is 30.9 Å². The van der Waals surface area contributed by atoms with Gasteiger partial charge in [0.15, 0.2) is 0 Å². The number of carbonyl (C=O) groups is 1. The van der Waals surface area contributed by atoms with Gasteiger partial charge < -0.3 is 4.74 Å². The second-order valence-electron chi connectivity index (χ2n) is 5.36. The van der Waals surface area contributed by atoms with Crippen LogP contribution in [0.2, 0.25) is 0 Å². The molecule has 0 aliphatic heterocycles. The maximum absolute atomic E-state index is 12.2. The van der Waals surface area contributed by atoms with Crippen LogP contribution in [-0.4, -0.2) is 28.7 Å². The monoisotopic (exact) mass is 346 g/mol. The lowest BCUT2D eigenvalue weighted by Crippen LogP contribution is -2.19. The van der Waals surface area contributed by atoms with E-state index in [0.717, 1.165) is 16.9 Å². The Balaban J connectivity index is 1.70. The molecule has 0 radical (unpaired) electrons. The molecule has 3 rings (SSSR count). The van der Waals surface area contributed by atoms with E-state index in [1.54, 1.807) is 12.4 Å². The molecule has 0 saturated carbocycles. The van der Waals surface area contributed by atoms with Gasteiger partial charge in [-0.2, -0.15) is 5.10 Å². The van der Waals surface area contributed by atoms with Gasteiger partial charge in [0.25, 0.3) is 5.91 Å². The van der Waals surface area contributed by atoms with Crippen LogP contribution in [0.15, 0.2) is 72.1 Å². The highest BCUT2D eigenvalue weighted by molar-refractivity contribution is 5.93.